The molecule has 19 heavy (non-hydrogen) atoms. The van der Waals surface area contributed by atoms with Crippen LogP contribution in [0, 0.1) is 5.92 Å². The van der Waals surface area contributed by atoms with Crippen LogP contribution in [-0.4, -0.2) is 34.8 Å². The zero-order valence-electron chi connectivity index (χ0n) is 12.9. The van der Waals surface area contributed by atoms with Crippen LogP contribution in [0.4, 0.5) is 0 Å². The summed E-state index contributed by atoms with van der Waals surface area (Å²) in [6.45, 7) is 10.3. The van der Waals surface area contributed by atoms with Gasteiger partial charge in [-0.25, -0.2) is 0 Å². The van der Waals surface area contributed by atoms with E-state index in [9.17, 15) is 9.59 Å². The van der Waals surface area contributed by atoms with Crippen molar-refractivity contribution in [1.29, 1.82) is 0 Å². The number of nitrogens with zero attached hydrogens (tertiary/aromatic N) is 1. The number of carbonyl (C=O) groups is 2. The molecule has 1 rings (SSSR count). The Morgan fingerprint density at radius 3 is 2.11 bits per heavy atom. The second kappa shape index (κ2) is 6.92. The van der Waals surface area contributed by atoms with Crippen LogP contribution in [0.25, 0.3) is 0 Å². The van der Waals surface area contributed by atoms with E-state index in [1.54, 1.807) is 0 Å². The highest BCUT2D eigenvalue weighted by Gasteiger charge is 2.42. The van der Waals surface area contributed by atoms with Gasteiger partial charge in [0.05, 0.1) is 0 Å². The zero-order chi connectivity index (χ0) is 14.6. The highest BCUT2D eigenvalue weighted by Crippen LogP contribution is 2.25. The van der Waals surface area contributed by atoms with Crippen molar-refractivity contribution in [3.05, 3.63) is 0 Å². The SMILES string of the molecule is CCC1NC(=O)C(CC)N(C(C)C(CC)CC)C1=O. The van der Waals surface area contributed by atoms with Crippen molar-refractivity contribution in [2.24, 2.45) is 5.92 Å². The summed E-state index contributed by atoms with van der Waals surface area (Å²) in [6.07, 6.45) is 3.41. The van der Waals surface area contributed by atoms with Crippen LogP contribution in [0.5, 0.6) is 0 Å². The molecule has 1 aliphatic rings. The van der Waals surface area contributed by atoms with Gasteiger partial charge in [-0.3, -0.25) is 9.59 Å². The molecule has 1 heterocycles. The van der Waals surface area contributed by atoms with Gasteiger partial charge in [0.25, 0.3) is 0 Å². The van der Waals surface area contributed by atoms with E-state index in [0.717, 1.165) is 12.8 Å². The molecule has 4 nitrogen and oxygen atoms in total. The minimum atomic E-state index is -0.341. The van der Waals surface area contributed by atoms with Crippen molar-refractivity contribution in [2.75, 3.05) is 0 Å². The lowest BCUT2D eigenvalue weighted by atomic mass is 9.90. The van der Waals surface area contributed by atoms with Crippen molar-refractivity contribution >= 4 is 11.8 Å². The molecule has 2 amide bonds. The average molecular weight is 268 g/mol. The third-order valence-electron chi connectivity index (χ3n) is 4.47. The number of rotatable bonds is 6. The molecule has 4 heteroatoms. The largest absolute Gasteiger partial charge is 0.343 e. The Bertz CT molecular complexity index is 326. The van der Waals surface area contributed by atoms with Gasteiger partial charge in [-0.1, -0.05) is 40.5 Å². The summed E-state index contributed by atoms with van der Waals surface area (Å²) in [4.78, 5) is 26.6. The Balaban J connectivity index is 3.02. The zero-order valence-corrected chi connectivity index (χ0v) is 12.9. The van der Waals surface area contributed by atoms with Crippen LogP contribution < -0.4 is 5.32 Å². The van der Waals surface area contributed by atoms with E-state index in [-0.39, 0.29) is 29.9 Å². The van der Waals surface area contributed by atoms with E-state index in [0.29, 0.717) is 18.8 Å². The minimum absolute atomic E-state index is 0.00626. The smallest absolute Gasteiger partial charge is 0.246 e. The highest BCUT2D eigenvalue weighted by molar-refractivity contribution is 5.97. The lowest BCUT2D eigenvalue weighted by Gasteiger charge is -2.44. The topological polar surface area (TPSA) is 49.4 Å². The quantitative estimate of drug-likeness (QED) is 0.803. The third kappa shape index (κ3) is 3.10. The first-order chi connectivity index (χ1) is 9.01. The van der Waals surface area contributed by atoms with E-state index in [1.807, 2.05) is 18.7 Å². The maximum Gasteiger partial charge on any atom is 0.246 e. The monoisotopic (exact) mass is 268 g/mol. The minimum Gasteiger partial charge on any atom is -0.343 e. The number of hydrogen-bond donors (Lipinski definition) is 1. The fourth-order valence-corrected chi connectivity index (χ4v) is 3.13. The summed E-state index contributed by atoms with van der Waals surface area (Å²) >= 11 is 0. The van der Waals surface area contributed by atoms with Gasteiger partial charge in [0.1, 0.15) is 12.1 Å². The van der Waals surface area contributed by atoms with Gasteiger partial charge in [0, 0.05) is 6.04 Å². The van der Waals surface area contributed by atoms with E-state index in [4.69, 9.17) is 0 Å². The molecular formula is C15H28N2O2. The predicted octanol–water partition coefficient (Wildman–Crippen LogP) is 2.33. The molecule has 0 spiro atoms. The average Bonchev–Trinajstić information content (AvgIpc) is 2.41. The fraction of sp³-hybridized carbons (Fsp3) is 0.867. The lowest BCUT2D eigenvalue weighted by molar-refractivity contribution is -0.153. The molecule has 0 saturated carbocycles. The van der Waals surface area contributed by atoms with Crippen LogP contribution >= 0.6 is 0 Å². The molecule has 0 aromatic carbocycles. The lowest BCUT2D eigenvalue weighted by Crippen LogP contribution is -2.65. The molecule has 0 aromatic rings. The van der Waals surface area contributed by atoms with E-state index >= 15 is 0 Å². The molecular weight excluding hydrogens is 240 g/mol. The maximum absolute atomic E-state index is 12.6. The second-order valence-corrected chi connectivity index (χ2v) is 5.46. The molecule has 3 atom stereocenters. The van der Waals surface area contributed by atoms with Crippen LogP contribution in [0.2, 0.25) is 0 Å². The number of amides is 2. The fourth-order valence-electron chi connectivity index (χ4n) is 3.13. The van der Waals surface area contributed by atoms with Crippen LogP contribution in [0.15, 0.2) is 0 Å². The summed E-state index contributed by atoms with van der Waals surface area (Å²) in [5, 5.41) is 2.85. The van der Waals surface area contributed by atoms with Crippen LogP contribution in [0.3, 0.4) is 0 Å². The van der Waals surface area contributed by atoms with Crippen molar-refractivity contribution in [3.63, 3.8) is 0 Å². The van der Waals surface area contributed by atoms with Gasteiger partial charge in [-0.05, 0) is 25.7 Å². The van der Waals surface area contributed by atoms with Crippen molar-refractivity contribution < 1.29 is 9.59 Å². The van der Waals surface area contributed by atoms with Crippen molar-refractivity contribution in [1.82, 2.24) is 10.2 Å². The Labute approximate surface area is 116 Å². The molecule has 3 unspecified atom stereocenters. The molecule has 1 fully saturated rings. The van der Waals surface area contributed by atoms with Gasteiger partial charge in [0.15, 0.2) is 0 Å². The van der Waals surface area contributed by atoms with Gasteiger partial charge >= 0.3 is 0 Å². The summed E-state index contributed by atoms with van der Waals surface area (Å²) in [6, 6.07) is -0.509. The number of carbonyl (C=O) groups excluding carboxylic acids is 2. The molecule has 0 aromatic heterocycles. The van der Waals surface area contributed by atoms with Crippen molar-refractivity contribution in [2.45, 2.75) is 78.4 Å². The summed E-state index contributed by atoms with van der Waals surface area (Å²) in [5.74, 6) is 0.557. The third-order valence-corrected chi connectivity index (χ3v) is 4.47. The van der Waals surface area contributed by atoms with E-state index < -0.39 is 0 Å². The Kier molecular flexibility index (Phi) is 5.83. The molecule has 0 radical (unpaired) electrons. The summed E-state index contributed by atoms with van der Waals surface area (Å²) in [5.41, 5.74) is 0. The molecule has 0 bridgehead atoms. The van der Waals surface area contributed by atoms with Gasteiger partial charge < -0.3 is 10.2 Å². The van der Waals surface area contributed by atoms with Gasteiger partial charge in [-0.15, -0.1) is 0 Å². The predicted molar refractivity (Wildman–Crippen MR) is 76.7 cm³/mol. The molecule has 0 aliphatic carbocycles. The summed E-state index contributed by atoms with van der Waals surface area (Å²) in [7, 11) is 0. The first-order valence-electron chi connectivity index (χ1n) is 7.64. The first kappa shape index (κ1) is 16.0. The van der Waals surface area contributed by atoms with Crippen LogP contribution in [-0.2, 0) is 9.59 Å². The number of piperazine rings is 1. The van der Waals surface area contributed by atoms with E-state index in [2.05, 4.69) is 26.1 Å². The normalized spacial score (nSPS) is 25.7. The van der Waals surface area contributed by atoms with Crippen LogP contribution in [0.1, 0.15) is 60.3 Å². The Morgan fingerprint density at radius 2 is 1.68 bits per heavy atom. The number of hydrogen-bond acceptors (Lipinski definition) is 2. The first-order valence-corrected chi connectivity index (χ1v) is 7.64. The van der Waals surface area contributed by atoms with Crippen molar-refractivity contribution in [3.8, 4) is 0 Å². The molecule has 1 aliphatic heterocycles. The molecule has 110 valence electrons. The van der Waals surface area contributed by atoms with Gasteiger partial charge in [-0.2, -0.15) is 0 Å². The standard InChI is InChI=1S/C15H28N2O2/c1-6-11(7-2)10(5)17-13(9-4)14(18)16-12(8-3)15(17)19/h10-13H,6-9H2,1-5H3,(H,16,18). The summed E-state index contributed by atoms with van der Waals surface area (Å²) < 4.78 is 0. The van der Waals surface area contributed by atoms with Gasteiger partial charge in [0.2, 0.25) is 11.8 Å². The Morgan fingerprint density at radius 1 is 1.11 bits per heavy atom. The second-order valence-electron chi connectivity index (χ2n) is 5.46. The highest BCUT2D eigenvalue weighted by atomic mass is 16.2. The number of nitrogens with one attached hydrogen (secondary N) is 1. The van der Waals surface area contributed by atoms with E-state index in [1.165, 1.54) is 0 Å². The maximum atomic E-state index is 12.6. The Hall–Kier alpha value is -1.06. The molecule has 1 saturated heterocycles. The molecule has 1 N–H and O–H groups in total.